The SMILES string of the molecule is COc1cc(/C=C/c2nc(-c3ccccc3O)n(C)n2)ccc1OCC(=O)O. The summed E-state index contributed by atoms with van der Waals surface area (Å²) in [7, 11) is 3.24. The van der Waals surface area contributed by atoms with Gasteiger partial charge in [0.05, 0.1) is 12.7 Å². The number of aryl methyl sites for hydroxylation is 1. The molecule has 0 fully saturated rings. The zero-order chi connectivity index (χ0) is 20.1. The highest BCUT2D eigenvalue weighted by Crippen LogP contribution is 2.29. The number of phenolic OH excluding ortho intramolecular Hbond substituents is 1. The number of carboxylic acids is 1. The highest BCUT2D eigenvalue weighted by atomic mass is 16.5. The lowest BCUT2D eigenvalue weighted by atomic mass is 10.2. The van der Waals surface area contributed by atoms with Crippen LogP contribution in [-0.2, 0) is 11.8 Å². The van der Waals surface area contributed by atoms with Crippen LogP contribution in [-0.4, -0.2) is 44.7 Å². The van der Waals surface area contributed by atoms with E-state index >= 15 is 0 Å². The summed E-state index contributed by atoms with van der Waals surface area (Å²) in [5.74, 6) is 0.869. The molecule has 0 saturated heterocycles. The van der Waals surface area contributed by atoms with Crippen molar-refractivity contribution in [2.24, 2.45) is 7.05 Å². The van der Waals surface area contributed by atoms with Gasteiger partial charge in [-0.05, 0) is 35.9 Å². The van der Waals surface area contributed by atoms with E-state index in [0.717, 1.165) is 5.56 Å². The minimum Gasteiger partial charge on any atom is -0.507 e. The number of carboxylic acid groups (broad SMARTS) is 1. The number of nitrogens with zero attached hydrogens (tertiary/aromatic N) is 3. The summed E-state index contributed by atoms with van der Waals surface area (Å²) in [6.07, 6.45) is 3.53. The van der Waals surface area contributed by atoms with Crippen molar-refractivity contribution in [2.45, 2.75) is 0 Å². The molecule has 8 heteroatoms. The lowest BCUT2D eigenvalue weighted by Crippen LogP contribution is -2.10. The molecule has 0 bridgehead atoms. The number of aromatic hydroxyl groups is 1. The van der Waals surface area contributed by atoms with Gasteiger partial charge in [0.2, 0.25) is 0 Å². The molecule has 0 saturated carbocycles. The number of ether oxygens (including phenoxy) is 2. The molecule has 0 aliphatic carbocycles. The highest BCUT2D eigenvalue weighted by Gasteiger charge is 2.11. The van der Waals surface area contributed by atoms with E-state index in [1.165, 1.54) is 7.11 Å². The van der Waals surface area contributed by atoms with E-state index in [9.17, 15) is 9.90 Å². The number of para-hydroxylation sites is 1. The Morgan fingerprint density at radius 2 is 1.96 bits per heavy atom. The third-order valence-corrected chi connectivity index (χ3v) is 3.89. The molecule has 0 aliphatic rings. The Kier molecular flexibility index (Phi) is 5.59. The van der Waals surface area contributed by atoms with Gasteiger partial charge in [-0.3, -0.25) is 0 Å². The Bertz CT molecular complexity index is 1030. The molecule has 0 atom stereocenters. The van der Waals surface area contributed by atoms with Gasteiger partial charge in [-0.25, -0.2) is 14.5 Å². The number of rotatable bonds is 7. The zero-order valence-corrected chi connectivity index (χ0v) is 15.4. The molecule has 1 heterocycles. The quantitative estimate of drug-likeness (QED) is 0.648. The molecule has 3 aromatic rings. The van der Waals surface area contributed by atoms with Crippen LogP contribution in [0, 0.1) is 0 Å². The maximum absolute atomic E-state index is 10.6. The average molecular weight is 381 g/mol. The van der Waals surface area contributed by atoms with E-state index in [-0.39, 0.29) is 5.75 Å². The van der Waals surface area contributed by atoms with Crippen LogP contribution in [0.3, 0.4) is 0 Å². The second kappa shape index (κ2) is 8.26. The average Bonchev–Trinajstić information content (AvgIpc) is 3.05. The molecular weight excluding hydrogens is 362 g/mol. The molecule has 0 spiro atoms. The predicted octanol–water partition coefficient (Wildman–Crippen LogP) is 2.83. The van der Waals surface area contributed by atoms with Gasteiger partial charge < -0.3 is 19.7 Å². The third kappa shape index (κ3) is 4.29. The van der Waals surface area contributed by atoms with Gasteiger partial charge in [0, 0.05) is 7.05 Å². The lowest BCUT2D eigenvalue weighted by molar-refractivity contribution is -0.139. The monoisotopic (exact) mass is 381 g/mol. The fraction of sp³-hybridized carbons (Fsp3) is 0.150. The summed E-state index contributed by atoms with van der Waals surface area (Å²) < 4.78 is 12.0. The number of phenols is 1. The van der Waals surface area contributed by atoms with Crippen LogP contribution in [0.15, 0.2) is 42.5 Å². The summed E-state index contributed by atoms with van der Waals surface area (Å²) >= 11 is 0. The number of carbonyl (C=O) groups is 1. The predicted molar refractivity (Wildman–Crippen MR) is 103 cm³/mol. The first kappa shape index (κ1) is 19.0. The molecule has 0 amide bonds. The van der Waals surface area contributed by atoms with E-state index in [1.807, 2.05) is 6.07 Å². The Balaban J connectivity index is 1.81. The first-order valence-corrected chi connectivity index (χ1v) is 8.38. The van der Waals surface area contributed by atoms with Crippen molar-refractivity contribution in [3.8, 4) is 28.6 Å². The fourth-order valence-electron chi connectivity index (χ4n) is 2.59. The molecule has 28 heavy (non-hydrogen) atoms. The topological polar surface area (TPSA) is 107 Å². The number of aromatic nitrogens is 3. The van der Waals surface area contributed by atoms with E-state index in [2.05, 4.69) is 10.1 Å². The van der Waals surface area contributed by atoms with Crippen molar-refractivity contribution in [3.05, 3.63) is 53.9 Å². The Morgan fingerprint density at radius 3 is 2.68 bits per heavy atom. The van der Waals surface area contributed by atoms with Gasteiger partial charge in [0.25, 0.3) is 0 Å². The molecule has 0 radical (unpaired) electrons. The third-order valence-electron chi connectivity index (χ3n) is 3.89. The zero-order valence-electron chi connectivity index (χ0n) is 15.4. The van der Waals surface area contributed by atoms with Gasteiger partial charge in [-0.15, -0.1) is 0 Å². The summed E-state index contributed by atoms with van der Waals surface area (Å²) in [6.45, 7) is -0.446. The molecular formula is C20H19N3O5. The number of benzene rings is 2. The van der Waals surface area contributed by atoms with Crippen molar-refractivity contribution in [1.29, 1.82) is 0 Å². The number of hydrogen-bond donors (Lipinski definition) is 2. The van der Waals surface area contributed by atoms with Crippen LogP contribution >= 0.6 is 0 Å². The van der Waals surface area contributed by atoms with E-state index in [1.54, 1.807) is 60.3 Å². The Hall–Kier alpha value is -3.81. The molecule has 0 unspecified atom stereocenters. The van der Waals surface area contributed by atoms with Crippen LogP contribution in [0.5, 0.6) is 17.2 Å². The van der Waals surface area contributed by atoms with Crippen LogP contribution in [0.1, 0.15) is 11.4 Å². The molecule has 1 aromatic heterocycles. The van der Waals surface area contributed by atoms with E-state index in [0.29, 0.717) is 28.7 Å². The first-order chi connectivity index (χ1) is 13.5. The molecule has 2 aromatic carbocycles. The van der Waals surface area contributed by atoms with Gasteiger partial charge >= 0.3 is 5.97 Å². The van der Waals surface area contributed by atoms with Crippen molar-refractivity contribution >= 4 is 18.1 Å². The maximum atomic E-state index is 10.6. The minimum atomic E-state index is -1.06. The van der Waals surface area contributed by atoms with Crippen molar-refractivity contribution in [1.82, 2.24) is 14.8 Å². The van der Waals surface area contributed by atoms with Crippen LogP contribution in [0.25, 0.3) is 23.5 Å². The second-order valence-electron chi connectivity index (χ2n) is 5.86. The Labute approximate surface area is 161 Å². The van der Waals surface area contributed by atoms with Crippen LogP contribution < -0.4 is 9.47 Å². The number of aliphatic carboxylic acids is 1. The smallest absolute Gasteiger partial charge is 0.341 e. The largest absolute Gasteiger partial charge is 0.507 e. The molecule has 0 aliphatic heterocycles. The van der Waals surface area contributed by atoms with Crippen LogP contribution in [0.2, 0.25) is 0 Å². The van der Waals surface area contributed by atoms with Crippen LogP contribution in [0.4, 0.5) is 0 Å². The standard InChI is InChI=1S/C20H19N3O5/c1-23-20(14-5-3-4-6-15(14)24)21-18(22-23)10-8-13-7-9-16(17(11-13)27-2)28-12-19(25)26/h3-11,24H,12H2,1-2H3,(H,25,26)/b10-8+. The van der Waals surface area contributed by atoms with E-state index < -0.39 is 12.6 Å². The second-order valence-corrected chi connectivity index (χ2v) is 5.86. The number of methoxy groups -OCH3 is 1. The van der Waals surface area contributed by atoms with E-state index in [4.69, 9.17) is 14.6 Å². The van der Waals surface area contributed by atoms with Gasteiger partial charge in [-0.1, -0.05) is 24.3 Å². The van der Waals surface area contributed by atoms with Crippen molar-refractivity contribution in [2.75, 3.05) is 13.7 Å². The van der Waals surface area contributed by atoms with Crippen molar-refractivity contribution < 1.29 is 24.5 Å². The molecule has 2 N–H and O–H groups in total. The number of hydrogen-bond acceptors (Lipinski definition) is 6. The summed E-state index contributed by atoms with van der Waals surface area (Å²) in [5.41, 5.74) is 1.40. The van der Waals surface area contributed by atoms with Crippen molar-refractivity contribution in [3.63, 3.8) is 0 Å². The minimum absolute atomic E-state index is 0.134. The summed E-state index contributed by atoms with van der Waals surface area (Å²) in [6, 6.07) is 12.1. The Morgan fingerprint density at radius 1 is 1.18 bits per heavy atom. The maximum Gasteiger partial charge on any atom is 0.341 e. The molecule has 3 rings (SSSR count). The highest BCUT2D eigenvalue weighted by molar-refractivity contribution is 5.71. The summed E-state index contributed by atoms with van der Waals surface area (Å²) in [4.78, 5) is 15.1. The lowest BCUT2D eigenvalue weighted by Gasteiger charge is -2.09. The van der Waals surface area contributed by atoms with Gasteiger partial charge in [-0.2, -0.15) is 5.10 Å². The fourth-order valence-corrected chi connectivity index (χ4v) is 2.59. The van der Waals surface area contributed by atoms with Gasteiger partial charge in [0.15, 0.2) is 29.8 Å². The molecule has 8 nitrogen and oxygen atoms in total. The molecule has 144 valence electrons. The summed E-state index contributed by atoms with van der Waals surface area (Å²) in [5, 5.41) is 23.1. The van der Waals surface area contributed by atoms with Gasteiger partial charge in [0.1, 0.15) is 5.75 Å². The normalized spacial score (nSPS) is 10.9. The first-order valence-electron chi connectivity index (χ1n) is 8.38.